The van der Waals surface area contributed by atoms with Gasteiger partial charge in [0.25, 0.3) is 0 Å². The quantitative estimate of drug-likeness (QED) is 0.329. The lowest BCUT2D eigenvalue weighted by Crippen LogP contribution is -1.86. The van der Waals surface area contributed by atoms with Crippen molar-refractivity contribution in [2.75, 3.05) is 0 Å². The van der Waals surface area contributed by atoms with Crippen LogP contribution in [0.1, 0.15) is 0 Å². The summed E-state index contributed by atoms with van der Waals surface area (Å²) in [6, 6.07) is 30.2. The topological polar surface area (TPSA) is 4.93 Å². The fraction of sp³-hybridized carbons (Fsp3) is 0.0400. The van der Waals surface area contributed by atoms with Crippen LogP contribution in [0.4, 0.5) is 4.39 Å². The largest absolute Gasteiger partial charge is 0.344 e. The van der Waals surface area contributed by atoms with Gasteiger partial charge in [0, 0.05) is 28.9 Å². The molecule has 0 N–H and O–H groups in total. The zero-order chi connectivity index (χ0) is 18.4. The zero-order valence-corrected chi connectivity index (χ0v) is 15.0. The summed E-state index contributed by atoms with van der Waals surface area (Å²) in [6.45, 7) is 0. The number of nitrogens with zero attached hydrogens (tertiary/aromatic N) is 1. The van der Waals surface area contributed by atoms with Crippen molar-refractivity contribution in [3.63, 3.8) is 0 Å². The minimum atomic E-state index is -0.211. The van der Waals surface area contributed by atoms with Crippen molar-refractivity contribution in [3.8, 4) is 22.3 Å². The molecule has 0 aliphatic rings. The van der Waals surface area contributed by atoms with Gasteiger partial charge in [0.2, 0.25) is 0 Å². The number of aromatic nitrogens is 1. The molecule has 0 saturated heterocycles. The molecule has 0 atom stereocenters. The molecule has 130 valence electrons. The van der Waals surface area contributed by atoms with Gasteiger partial charge in [0.1, 0.15) is 5.82 Å². The van der Waals surface area contributed by atoms with Crippen LogP contribution in [-0.2, 0) is 7.05 Å². The van der Waals surface area contributed by atoms with Crippen molar-refractivity contribution in [1.29, 1.82) is 0 Å². The van der Waals surface area contributed by atoms with E-state index >= 15 is 0 Å². The first-order valence-corrected chi connectivity index (χ1v) is 9.04. The summed E-state index contributed by atoms with van der Waals surface area (Å²) in [5.74, 6) is -0.211. The third kappa shape index (κ3) is 2.61. The molecular formula is C25H18FN. The molecule has 0 aliphatic carbocycles. The van der Waals surface area contributed by atoms with Gasteiger partial charge in [-0.3, -0.25) is 0 Å². The molecule has 0 unspecified atom stereocenters. The van der Waals surface area contributed by atoms with Gasteiger partial charge in [-0.2, -0.15) is 0 Å². The molecule has 5 rings (SSSR count). The Balaban J connectivity index is 1.75. The van der Waals surface area contributed by atoms with Gasteiger partial charge >= 0.3 is 0 Å². The average molecular weight is 351 g/mol. The van der Waals surface area contributed by atoms with Crippen molar-refractivity contribution in [2.24, 2.45) is 7.05 Å². The third-order valence-corrected chi connectivity index (χ3v) is 5.29. The Bertz CT molecular complexity index is 1260. The van der Waals surface area contributed by atoms with Crippen LogP contribution in [0.5, 0.6) is 0 Å². The van der Waals surface area contributed by atoms with E-state index in [1.807, 2.05) is 18.2 Å². The summed E-state index contributed by atoms with van der Waals surface area (Å²) in [5, 5.41) is 2.45. The van der Waals surface area contributed by atoms with E-state index in [9.17, 15) is 4.39 Å². The predicted octanol–water partition coefficient (Wildman–Crippen LogP) is 6.80. The van der Waals surface area contributed by atoms with E-state index in [1.165, 1.54) is 45.1 Å². The number of benzene rings is 4. The summed E-state index contributed by atoms with van der Waals surface area (Å²) in [7, 11) is 2.10. The summed E-state index contributed by atoms with van der Waals surface area (Å²) in [5.41, 5.74) is 6.95. The lowest BCUT2D eigenvalue weighted by molar-refractivity contribution is 0.628. The van der Waals surface area contributed by atoms with E-state index in [2.05, 4.69) is 72.3 Å². The zero-order valence-electron chi connectivity index (χ0n) is 15.0. The Morgan fingerprint density at radius 3 is 1.59 bits per heavy atom. The number of hydrogen-bond acceptors (Lipinski definition) is 0. The molecule has 27 heavy (non-hydrogen) atoms. The molecule has 1 nitrogen and oxygen atoms in total. The van der Waals surface area contributed by atoms with E-state index in [1.54, 1.807) is 0 Å². The lowest BCUT2D eigenvalue weighted by atomic mass is 10.0. The Kier molecular flexibility index (Phi) is 3.58. The maximum Gasteiger partial charge on any atom is 0.123 e. The van der Waals surface area contributed by atoms with Gasteiger partial charge in [-0.05, 0) is 58.7 Å². The minimum Gasteiger partial charge on any atom is -0.344 e. The summed E-state index contributed by atoms with van der Waals surface area (Å²) < 4.78 is 15.5. The van der Waals surface area contributed by atoms with E-state index in [-0.39, 0.29) is 5.82 Å². The van der Waals surface area contributed by atoms with Crippen molar-refractivity contribution in [3.05, 3.63) is 96.8 Å². The number of aryl methyl sites for hydroxylation is 1. The molecule has 0 saturated carbocycles. The molecule has 0 radical (unpaired) electrons. The Labute approximate surface area is 157 Å². The normalized spacial score (nSPS) is 11.3. The van der Waals surface area contributed by atoms with Crippen molar-refractivity contribution < 1.29 is 4.39 Å². The second-order valence-corrected chi connectivity index (χ2v) is 6.90. The van der Waals surface area contributed by atoms with Gasteiger partial charge in [-0.25, -0.2) is 4.39 Å². The Morgan fingerprint density at radius 2 is 1.04 bits per heavy atom. The molecule has 0 fully saturated rings. The van der Waals surface area contributed by atoms with Crippen molar-refractivity contribution in [1.82, 2.24) is 4.57 Å². The first kappa shape index (κ1) is 15.8. The highest BCUT2D eigenvalue weighted by Crippen LogP contribution is 2.34. The molecule has 2 heteroatoms. The lowest BCUT2D eigenvalue weighted by Gasteiger charge is -2.03. The first-order chi connectivity index (χ1) is 13.2. The standard InChI is InChI=1S/C25H18FN/c1-27-24-13-9-19(17-5-3-2-4-6-17)15-22(24)23-16-20(10-14-25(23)27)18-7-11-21(26)12-8-18/h2-16H,1H3. The third-order valence-electron chi connectivity index (χ3n) is 5.29. The van der Waals surface area contributed by atoms with Crippen LogP contribution in [0.25, 0.3) is 44.1 Å². The van der Waals surface area contributed by atoms with Crippen molar-refractivity contribution in [2.45, 2.75) is 0 Å². The predicted molar refractivity (Wildman–Crippen MR) is 111 cm³/mol. The highest BCUT2D eigenvalue weighted by molar-refractivity contribution is 6.10. The summed E-state index contributed by atoms with van der Waals surface area (Å²) in [6.07, 6.45) is 0. The van der Waals surface area contributed by atoms with Crippen LogP contribution in [0.15, 0.2) is 91.0 Å². The van der Waals surface area contributed by atoms with Crippen LogP contribution < -0.4 is 0 Å². The van der Waals surface area contributed by atoms with Gasteiger partial charge < -0.3 is 4.57 Å². The highest BCUT2D eigenvalue weighted by atomic mass is 19.1. The minimum absolute atomic E-state index is 0.211. The molecular weight excluding hydrogens is 333 g/mol. The smallest absolute Gasteiger partial charge is 0.123 e. The number of fused-ring (bicyclic) bond motifs is 3. The van der Waals surface area contributed by atoms with E-state index in [0.29, 0.717) is 0 Å². The van der Waals surface area contributed by atoms with Crippen LogP contribution in [0.2, 0.25) is 0 Å². The van der Waals surface area contributed by atoms with E-state index in [0.717, 1.165) is 11.1 Å². The maximum absolute atomic E-state index is 13.3. The molecule has 0 spiro atoms. The number of halogens is 1. The molecule has 5 aromatic rings. The first-order valence-electron chi connectivity index (χ1n) is 9.04. The molecule has 1 heterocycles. The van der Waals surface area contributed by atoms with Crippen LogP contribution in [0.3, 0.4) is 0 Å². The van der Waals surface area contributed by atoms with Crippen LogP contribution >= 0.6 is 0 Å². The number of rotatable bonds is 2. The Hall–Kier alpha value is -3.39. The molecule has 0 bridgehead atoms. The van der Waals surface area contributed by atoms with Crippen LogP contribution in [-0.4, -0.2) is 4.57 Å². The average Bonchev–Trinajstić information content (AvgIpc) is 3.00. The maximum atomic E-state index is 13.3. The molecule has 0 aliphatic heterocycles. The summed E-state index contributed by atoms with van der Waals surface area (Å²) in [4.78, 5) is 0. The molecule has 1 aromatic heterocycles. The highest BCUT2D eigenvalue weighted by Gasteiger charge is 2.11. The van der Waals surface area contributed by atoms with Gasteiger partial charge in [0.05, 0.1) is 0 Å². The number of hydrogen-bond donors (Lipinski definition) is 0. The van der Waals surface area contributed by atoms with Gasteiger partial charge in [-0.1, -0.05) is 54.6 Å². The van der Waals surface area contributed by atoms with E-state index < -0.39 is 0 Å². The monoisotopic (exact) mass is 351 g/mol. The van der Waals surface area contributed by atoms with E-state index in [4.69, 9.17) is 0 Å². The molecule has 4 aromatic carbocycles. The Morgan fingerprint density at radius 1 is 0.556 bits per heavy atom. The van der Waals surface area contributed by atoms with Gasteiger partial charge in [-0.15, -0.1) is 0 Å². The summed E-state index contributed by atoms with van der Waals surface area (Å²) >= 11 is 0. The fourth-order valence-electron chi connectivity index (χ4n) is 3.85. The molecule has 0 amide bonds. The fourth-order valence-corrected chi connectivity index (χ4v) is 3.85. The van der Waals surface area contributed by atoms with Gasteiger partial charge in [0.15, 0.2) is 0 Å². The SMILES string of the molecule is Cn1c2ccc(-c3ccccc3)cc2c2cc(-c3ccc(F)cc3)ccc21. The second kappa shape index (κ2) is 6.10. The second-order valence-electron chi connectivity index (χ2n) is 6.90. The van der Waals surface area contributed by atoms with Crippen molar-refractivity contribution >= 4 is 21.8 Å². The van der Waals surface area contributed by atoms with Crippen LogP contribution in [0, 0.1) is 5.82 Å².